The second kappa shape index (κ2) is 8.92. The number of hydrogen-bond acceptors (Lipinski definition) is 3. The molecule has 0 radical (unpaired) electrons. The van der Waals surface area contributed by atoms with E-state index < -0.39 is 0 Å². The summed E-state index contributed by atoms with van der Waals surface area (Å²) in [5, 5.41) is 12.3. The smallest absolute Gasteiger partial charge is 0.317 e. The quantitative estimate of drug-likeness (QED) is 0.839. The lowest BCUT2D eigenvalue weighted by Crippen LogP contribution is -2.45. The van der Waals surface area contributed by atoms with Gasteiger partial charge in [-0.3, -0.25) is 0 Å². The molecule has 2 rings (SSSR count). The van der Waals surface area contributed by atoms with Gasteiger partial charge in [-0.05, 0) is 63.1 Å². The Balaban J connectivity index is 1.90. The maximum Gasteiger partial charge on any atom is 0.317 e. The third-order valence-electron chi connectivity index (χ3n) is 4.95. The van der Waals surface area contributed by atoms with Crippen LogP contribution in [-0.2, 0) is 0 Å². The molecule has 0 bridgehead atoms. The number of carbonyl (C=O) groups excluding carboxylic acids is 1. The number of benzene rings is 1. The predicted octanol–water partition coefficient (Wildman–Crippen LogP) is 3.34. The van der Waals surface area contributed by atoms with Gasteiger partial charge in [0.15, 0.2) is 0 Å². The number of nitrogens with one attached hydrogen (secondary N) is 1. The summed E-state index contributed by atoms with van der Waals surface area (Å²) in [4.78, 5) is 14.3. The van der Waals surface area contributed by atoms with Gasteiger partial charge in [-0.2, -0.15) is 0 Å². The topological polar surface area (TPSA) is 61.8 Å². The number of amides is 2. The normalized spacial score (nSPS) is 21.8. The van der Waals surface area contributed by atoms with E-state index >= 15 is 0 Å². The van der Waals surface area contributed by atoms with Crippen molar-refractivity contribution in [3.8, 4) is 5.75 Å². The van der Waals surface area contributed by atoms with E-state index in [0.29, 0.717) is 12.5 Å². The molecular weight excluding hydrogens is 304 g/mol. The van der Waals surface area contributed by atoms with Crippen LogP contribution in [0, 0.1) is 5.92 Å². The standard InChI is InChI=1S/C19H30N2O3/c1-4-24-18-7-5-6-16(12-18)14(2)20-19(23)21(3)17-10-8-15(13-22)9-11-17/h5-7,12,14-15,17,22H,4,8-11,13H2,1-3H3,(H,20,23). The van der Waals surface area contributed by atoms with Gasteiger partial charge in [0.1, 0.15) is 5.75 Å². The van der Waals surface area contributed by atoms with E-state index in [1.807, 2.05) is 50.1 Å². The van der Waals surface area contributed by atoms with E-state index in [1.165, 1.54) is 0 Å². The van der Waals surface area contributed by atoms with E-state index in [2.05, 4.69) is 5.32 Å². The average Bonchev–Trinajstić information content (AvgIpc) is 2.61. The summed E-state index contributed by atoms with van der Waals surface area (Å²) in [6.07, 6.45) is 3.90. The van der Waals surface area contributed by atoms with Crippen LogP contribution in [0.5, 0.6) is 5.75 Å². The zero-order valence-electron chi connectivity index (χ0n) is 15.0. The Labute approximate surface area is 145 Å². The van der Waals surface area contributed by atoms with Gasteiger partial charge in [0.25, 0.3) is 0 Å². The first-order valence-corrected chi connectivity index (χ1v) is 8.92. The maximum atomic E-state index is 12.5. The number of urea groups is 1. The van der Waals surface area contributed by atoms with Crippen molar-refractivity contribution >= 4 is 6.03 Å². The molecule has 1 aromatic rings. The van der Waals surface area contributed by atoms with Crippen molar-refractivity contribution in [1.82, 2.24) is 10.2 Å². The molecule has 24 heavy (non-hydrogen) atoms. The van der Waals surface area contributed by atoms with E-state index in [4.69, 9.17) is 4.74 Å². The van der Waals surface area contributed by atoms with E-state index in [9.17, 15) is 9.90 Å². The second-order valence-corrected chi connectivity index (χ2v) is 6.64. The van der Waals surface area contributed by atoms with Crippen molar-refractivity contribution in [3.63, 3.8) is 0 Å². The molecule has 1 atom stereocenters. The molecule has 1 unspecified atom stereocenters. The van der Waals surface area contributed by atoms with Crippen LogP contribution in [0.25, 0.3) is 0 Å². The van der Waals surface area contributed by atoms with Gasteiger partial charge in [-0.25, -0.2) is 4.79 Å². The number of aliphatic hydroxyl groups is 1. The summed E-state index contributed by atoms with van der Waals surface area (Å²) < 4.78 is 5.52. The average molecular weight is 334 g/mol. The molecule has 2 amide bonds. The molecule has 1 fully saturated rings. The first-order chi connectivity index (χ1) is 11.5. The number of nitrogens with zero attached hydrogens (tertiary/aromatic N) is 1. The van der Waals surface area contributed by atoms with E-state index in [1.54, 1.807) is 0 Å². The lowest BCUT2D eigenvalue weighted by atomic mass is 9.86. The van der Waals surface area contributed by atoms with Crippen LogP contribution in [0.2, 0.25) is 0 Å². The van der Waals surface area contributed by atoms with Crippen LogP contribution in [0.1, 0.15) is 51.1 Å². The van der Waals surface area contributed by atoms with E-state index in [0.717, 1.165) is 37.0 Å². The van der Waals surface area contributed by atoms with Crippen LogP contribution in [0.3, 0.4) is 0 Å². The minimum atomic E-state index is -0.0749. The van der Waals surface area contributed by atoms with Crippen LogP contribution < -0.4 is 10.1 Å². The Morgan fingerprint density at radius 1 is 1.38 bits per heavy atom. The van der Waals surface area contributed by atoms with Crippen molar-refractivity contribution in [2.75, 3.05) is 20.3 Å². The van der Waals surface area contributed by atoms with Gasteiger partial charge in [0.05, 0.1) is 12.6 Å². The molecule has 1 aliphatic rings. The highest BCUT2D eigenvalue weighted by Crippen LogP contribution is 2.27. The lowest BCUT2D eigenvalue weighted by Gasteiger charge is -2.34. The molecule has 1 saturated carbocycles. The fourth-order valence-corrected chi connectivity index (χ4v) is 3.29. The van der Waals surface area contributed by atoms with Gasteiger partial charge >= 0.3 is 6.03 Å². The SMILES string of the molecule is CCOc1cccc(C(C)NC(=O)N(C)C2CCC(CO)CC2)c1. The van der Waals surface area contributed by atoms with Crippen LogP contribution in [-0.4, -0.2) is 42.3 Å². The summed E-state index contributed by atoms with van der Waals surface area (Å²) >= 11 is 0. The van der Waals surface area contributed by atoms with Crippen molar-refractivity contribution in [2.24, 2.45) is 5.92 Å². The molecule has 0 spiro atoms. The summed E-state index contributed by atoms with van der Waals surface area (Å²) in [6, 6.07) is 7.98. The van der Waals surface area contributed by atoms with Gasteiger partial charge in [-0.1, -0.05) is 12.1 Å². The Hall–Kier alpha value is -1.75. The first-order valence-electron chi connectivity index (χ1n) is 8.92. The molecule has 5 heteroatoms. The Morgan fingerprint density at radius 2 is 2.08 bits per heavy atom. The van der Waals surface area contributed by atoms with E-state index in [-0.39, 0.29) is 24.7 Å². The number of aliphatic hydroxyl groups excluding tert-OH is 1. The van der Waals surface area contributed by atoms with Crippen LogP contribution in [0.15, 0.2) is 24.3 Å². The fourth-order valence-electron chi connectivity index (χ4n) is 3.29. The molecule has 5 nitrogen and oxygen atoms in total. The second-order valence-electron chi connectivity index (χ2n) is 6.64. The van der Waals surface area contributed by atoms with Crippen molar-refractivity contribution in [1.29, 1.82) is 0 Å². The van der Waals surface area contributed by atoms with Crippen molar-refractivity contribution < 1.29 is 14.6 Å². The zero-order chi connectivity index (χ0) is 17.5. The number of rotatable bonds is 6. The number of carbonyl (C=O) groups is 1. The number of ether oxygens (including phenoxy) is 1. The highest BCUT2D eigenvalue weighted by atomic mass is 16.5. The third-order valence-corrected chi connectivity index (χ3v) is 4.95. The molecule has 1 aromatic carbocycles. The minimum absolute atomic E-state index is 0.0447. The minimum Gasteiger partial charge on any atom is -0.494 e. The summed E-state index contributed by atoms with van der Waals surface area (Å²) in [7, 11) is 1.86. The molecule has 134 valence electrons. The van der Waals surface area contributed by atoms with Gasteiger partial charge in [0.2, 0.25) is 0 Å². The molecule has 0 saturated heterocycles. The van der Waals surface area contributed by atoms with Gasteiger partial charge in [-0.15, -0.1) is 0 Å². The highest BCUT2D eigenvalue weighted by molar-refractivity contribution is 5.74. The third kappa shape index (κ3) is 4.87. The molecular formula is C19H30N2O3. The summed E-state index contributed by atoms with van der Waals surface area (Å²) in [6.45, 7) is 4.83. The Kier molecular flexibility index (Phi) is 6.91. The molecule has 2 N–H and O–H groups in total. The van der Waals surface area contributed by atoms with Crippen molar-refractivity contribution in [3.05, 3.63) is 29.8 Å². The summed E-state index contributed by atoms with van der Waals surface area (Å²) in [5.74, 6) is 1.23. The molecule has 0 aromatic heterocycles. The first kappa shape index (κ1) is 18.6. The van der Waals surface area contributed by atoms with Crippen LogP contribution in [0.4, 0.5) is 4.79 Å². The van der Waals surface area contributed by atoms with Gasteiger partial charge < -0.3 is 20.1 Å². The largest absolute Gasteiger partial charge is 0.494 e. The highest BCUT2D eigenvalue weighted by Gasteiger charge is 2.26. The Bertz CT molecular complexity index is 527. The predicted molar refractivity (Wildman–Crippen MR) is 95.2 cm³/mol. The Morgan fingerprint density at radius 3 is 2.71 bits per heavy atom. The molecule has 1 aliphatic carbocycles. The number of hydrogen-bond donors (Lipinski definition) is 2. The van der Waals surface area contributed by atoms with Crippen molar-refractivity contribution in [2.45, 2.75) is 51.6 Å². The fraction of sp³-hybridized carbons (Fsp3) is 0.632. The lowest BCUT2D eigenvalue weighted by molar-refractivity contribution is 0.133. The maximum absolute atomic E-state index is 12.5. The molecule has 0 heterocycles. The van der Waals surface area contributed by atoms with Crippen LogP contribution >= 0.6 is 0 Å². The van der Waals surface area contributed by atoms with Gasteiger partial charge in [0, 0.05) is 19.7 Å². The molecule has 0 aliphatic heterocycles. The summed E-state index contributed by atoms with van der Waals surface area (Å²) in [5.41, 5.74) is 1.03. The monoisotopic (exact) mass is 334 g/mol. The zero-order valence-corrected chi connectivity index (χ0v) is 15.0.